The molecule has 0 unspecified atom stereocenters. The second kappa shape index (κ2) is 23.2. The Morgan fingerprint density at radius 3 is 1.52 bits per heavy atom. The lowest BCUT2D eigenvalue weighted by Crippen LogP contribution is -2.62. The number of carbonyl (C=O) groups is 9. The minimum absolute atomic E-state index is 0.0573. The summed E-state index contributed by atoms with van der Waals surface area (Å²) >= 11 is 0. The summed E-state index contributed by atoms with van der Waals surface area (Å²) in [6.07, 6.45) is -1.08. The first-order valence-corrected chi connectivity index (χ1v) is 18.4. The molecule has 19 heteroatoms. The average molecular weight is 791 g/mol. The van der Waals surface area contributed by atoms with Gasteiger partial charge in [-0.15, -0.1) is 0 Å². The summed E-state index contributed by atoms with van der Waals surface area (Å²) in [5.41, 5.74) is 11.2. The summed E-state index contributed by atoms with van der Waals surface area (Å²) in [5.74, 6) is -8.96. The summed E-state index contributed by atoms with van der Waals surface area (Å²) in [5, 5.41) is 34.1. The highest BCUT2D eigenvalue weighted by Crippen LogP contribution is 2.15. The molecular weight excluding hydrogens is 732 g/mol. The molecule has 0 saturated heterocycles. The summed E-state index contributed by atoms with van der Waals surface area (Å²) in [6.45, 7) is 11.3. The van der Waals surface area contributed by atoms with Crippen LogP contribution in [0.15, 0.2) is 24.3 Å². The van der Waals surface area contributed by atoms with Gasteiger partial charge in [0, 0.05) is 26.2 Å². The van der Waals surface area contributed by atoms with Crippen LogP contribution in [-0.4, -0.2) is 99.7 Å². The molecule has 12 N–H and O–H groups in total. The van der Waals surface area contributed by atoms with Crippen LogP contribution >= 0.6 is 0 Å². The molecule has 0 aromatic heterocycles. The first-order chi connectivity index (χ1) is 26.1. The Kier molecular flexibility index (Phi) is 20.0. The van der Waals surface area contributed by atoms with Crippen molar-refractivity contribution in [2.24, 2.45) is 29.2 Å². The smallest absolute Gasteiger partial charge is 0.303 e. The molecule has 0 aliphatic rings. The van der Waals surface area contributed by atoms with Gasteiger partial charge < -0.3 is 53.6 Å². The number of aliphatic carboxylic acids is 1. The number of carboxylic acids is 1. The number of primary amides is 2. The number of aromatic hydroxyl groups is 1. The van der Waals surface area contributed by atoms with Crippen molar-refractivity contribution in [1.29, 1.82) is 0 Å². The van der Waals surface area contributed by atoms with Crippen LogP contribution in [0.2, 0.25) is 0 Å². The molecule has 0 aliphatic heterocycles. The van der Waals surface area contributed by atoms with Crippen molar-refractivity contribution >= 4 is 53.2 Å². The van der Waals surface area contributed by atoms with E-state index in [1.54, 1.807) is 41.5 Å². The Morgan fingerprint density at radius 1 is 0.607 bits per heavy atom. The molecule has 1 rings (SSSR count). The number of amides is 8. The molecule has 8 amide bonds. The zero-order valence-corrected chi connectivity index (χ0v) is 33.0. The molecule has 0 radical (unpaired) electrons. The number of rotatable bonds is 24. The summed E-state index contributed by atoms with van der Waals surface area (Å²) in [4.78, 5) is 115. The molecule has 0 saturated carbocycles. The van der Waals surface area contributed by atoms with Crippen molar-refractivity contribution in [2.75, 3.05) is 0 Å². The monoisotopic (exact) mass is 790 g/mol. The van der Waals surface area contributed by atoms with Gasteiger partial charge in [0.15, 0.2) is 0 Å². The highest BCUT2D eigenvalue weighted by atomic mass is 16.4. The maximum atomic E-state index is 13.9. The fourth-order valence-electron chi connectivity index (χ4n) is 5.47. The Labute approximate surface area is 326 Å². The topological polar surface area (TPSA) is 318 Å². The summed E-state index contributed by atoms with van der Waals surface area (Å²) in [6, 6.07) is -1.92. The van der Waals surface area contributed by atoms with Gasteiger partial charge in [-0.3, -0.25) is 43.2 Å². The van der Waals surface area contributed by atoms with Crippen LogP contribution in [0.3, 0.4) is 0 Å². The molecule has 0 heterocycles. The van der Waals surface area contributed by atoms with Crippen LogP contribution in [-0.2, 0) is 49.6 Å². The molecule has 0 bridgehead atoms. The van der Waals surface area contributed by atoms with Gasteiger partial charge in [-0.05, 0) is 48.3 Å². The highest BCUT2D eigenvalue weighted by Gasteiger charge is 2.36. The summed E-state index contributed by atoms with van der Waals surface area (Å²) < 4.78 is 0. The largest absolute Gasteiger partial charge is 0.508 e. The van der Waals surface area contributed by atoms with Crippen molar-refractivity contribution in [2.45, 2.75) is 123 Å². The number of nitrogens with two attached hydrogens (primary N) is 2. The minimum atomic E-state index is -1.38. The van der Waals surface area contributed by atoms with Gasteiger partial charge in [-0.1, -0.05) is 60.1 Å². The van der Waals surface area contributed by atoms with E-state index in [4.69, 9.17) is 16.6 Å². The van der Waals surface area contributed by atoms with Crippen LogP contribution in [0.1, 0.15) is 86.1 Å². The van der Waals surface area contributed by atoms with Gasteiger partial charge in [0.2, 0.25) is 47.3 Å². The van der Waals surface area contributed by atoms with Gasteiger partial charge in [0.1, 0.15) is 42.0 Å². The minimum Gasteiger partial charge on any atom is -0.508 e. The van der Waals surface area contributed by atoms with E-state index in [0.29, 0.717) is 12.0 Å². The molecule has 312 valence electrons. The normalized spacial score (nSPS) is 14.8. The van der Waals surface area contributed by atoms with Crippen LogP contribution in [0.5, 0.6) is 5.75 Å². The van der Waals surface area contributed by atoms with Gasteiger partial charge in [-0.2, -0.15) is 0 Å². The maximum Gasteiger partial charge on any atom is 0.303 e. The van der Waals surface area contributed by atoms with Crippen molar-refractivity contribution < 1.29 is 53.4 Å². The molecular formula is C37H58N8O11. The second-order valence-electron chi connectivity index (χ2n) is 14.4. The van der Waals surface area contributed by atoms with Crippen LogP contribution in [0.4, 0.5) is 0 Å². The third-order valence-corrected chi connectivity index (χ3v) is 8.98. The van der Waals surface area contributed by atoms with Crippen molar-refractivity contribution in [3.8, 4) is 5.75 Å². The molecule has 1 aromatic carbocycles. The lowest BCUT2D eigenvalue weighted by atomic mass is 9.95. The van der Waals surface area contributed by atoms with Crippen molar-refractivity contribution in [3.05, 3.63) is 29.8 Å². The van der Waals surface area contributed by atoms with Gasteiger partial charge >= 0.3 is 5.97 Å². The Hall–Kier alpha value is -5.75. The Morgan fingerprint density at radius 2 is 1.05 bits per heavy atom. The number of phenols is 1. The molecule has 0 aliphatic carbocycles. The number of benzene rings is 1. The van der Waals surface area contributed by atoms with E-state index in [9.17, 15) is 48.3 Å². The third-order valence-electron chi connectivity index (χ3n) is 8.98. The van der Waals surface area contributed by atoms with E-state index >= 15 is 0 Å². The molecule has 56 heavy (non-hydrogen) atoms. The van der Waals surface area contributed by atoms with Crippen LogP contribution in [0, 0.1) is 17.8 Å². The van der Waals surface area contributed by atoms with E-state index in [2.05, 4.69) is 31.9 Å². The fraction of sp³-hybridized carbons (Fsp3) is 0.595. The zero-order chi connectivity index (χ0) is 42.9. The number of hydrogen-bond donors (Lipinski definition) is 10. The SMILES string of the molecule is CC[C@H](C)[C@H](NC(=O)[C@H](CCC(N)=O)NC(=O)[C@@H](NC(C)=O)C(C)C)C(=O)N[C@H](C(=O)N[C@@H](Cc1ccc(O)cc1)C(=O)N[C@@H](CCC(=O)O)C(N)=O)C(C)C. The maximum absolute atomic E-state index is 13.9. The van der Waals surface area contributed by atoms with Crippen LogP contribution in [0.25, 0.3) is 0 Å². The highest BCUT2D eigenvalue weighted by molar-refractivity contribution is 5.97. The molecule has 19 nitrogen and oxygen atoms in total. The Balaban J connectivity index is 3.39. The quantitative estimate of drug-likeness (QED) is 0.0595. The Bertz CT molecular complexity index is 1570. The van der Waals surface area contributed by atoms with Crippen molar-refractivity contribution in [1.82, 2.24) is 31.9 Å². The first-order valence-electron chi connectivity index (χ1n) is 18.4. The van der Waals surface area contributed by atoms with Crippen molar-refractivity contribution in [3.63, 3.8) is 0 Å². The van der Waals surface area contributed by atoms with E-state index < -0.39 is 108 Å². The van der Waals surface area contributed by atoms with E-state index in [1.807, 2.05) is 0 Å². The van der Waals surface area contributed by atoms with Gasteiger partial charge in [0.05, 0.1) is 0 Å². The van der Waals surface area contributed by atoms with E-state index in [0.717, 1.165) is 0 Å². The standard InChI is InChI=1S/C37H58N8O11/c1-8-20(6)31(45-33(52)25(13-15-27(38)48)42-35(54)29(18(2)3)40-21(7)46)37(56)44-30(19(4)5)36(55)43-26(17-22-9-11-23(47)12-10-22)34(53)41-24(32(39)51)14-16-28(49)50/h9-12,18-20,24-26,29-31,47H,8,13-17H2,1-7H3,(H2,38,48)(H2,39,51)(H,40,46)(H,41,53)(H,42,54)(H,43,55)(H,44,56)(H,45,52)(H,49,50)/t20-,24-,25-,26-,29-,30-,31-/m0/s1. The fourth-order valence-corrected chi connectivity index (χ4v) is 5.47. The van der Waals surface area contributed by atoms with E-state index in [-0.39, 0.29) is 37.4 Å². The van der Waals surface area contributed by atoms with Gasteiger partial charge in [0.25, 0.3) is 0 Å². The molecule has 0 spiro atoms. The van der Waals surface area contributed by atoms with E-state index in [1.165, 1.54) is 31.2 Å². The first kappa shape index (κ1) is 48.3. The number of carbonyl (C=O) groups excluding carboxylic acids is 8. The lowest BCUT2D eigenvalue weighted by molar-refractivity contribution is -0.138. The molecule has 1 aromatic rings. The third kappa shape index (κ3) is 16.7. The second-order valence-corrected chi connectivity index (χ2v) is 14.4. The van der Waals surface area contributed by atoms with Gasteiger partial charge in [-0.25, -0.2) is 0 Å². The zero-order valence-electron chi connectivity index (χ0n) is 33.0. The molecule has 7 atom stereocenters. The molecule has 0 fully saturated rings. The predicted molar refractivity (Wildman–Crippen MR) is 203 cm³/mol. The van der Waals surface area contributed by atoms with Crippen LogP contribution < -0.4 is 43.4 Å². The number of phenolic OH excluding ortho intramolecular Hbond substituents is 1. The predicted octanol–water partition coefficient (Wildman–Crippen LogP) is -1.16. The summed E-state index contributed by atoms with van der Waals surface area (Å²) in [7, 11) is 0. The number of hydrogen-bond acceptors (Lipinski definition) is 10. The average Bonchev–Trinajstić information content (AvgIpc) is 3.10. The lowest BCUT2D eigenvalue weighted by Gasteiger charge is -2.31. The number of nitrogens with one attached hydrogen (secondary N) is 6. The number of carboxylic acid groups (broad SMARTS) is 1.